The molecule has 2 rings (SSSR count). The molecule has 0 heterocycles. The van der Waals surface area contributed by atoms with E-state index in [0.717, 1.165) is 6.42 Å². The average Bonchev–Trinajstić information content (AvgIpc) is 2.25. The van der Waals surface area contributed by atoms with E-state index < -0.39 is 0 Å². The van der Waals surface area contributed by atoms with Crippen LogP contribution in [0.1, 0.15) is 25.0 Å². The minimum absolute atomic E-state index is 0. The Balaban J connectivity index is 0.00000144. The van der Waals surface area contributed by atoms with Crippen molar-refractivity contribution in [1.82, 2.24) is 0 Å². The molecule has 1 aromatic carbocycles. The number of rotatable bonds is 1. The van der Waals surface area contributed by atoms with E-state index in [0.29, 0.717) is 11.0 Å². The number of benzene rings is 1. The van der Waals surface area contributed by atoms with Crippen LogP contribution in [0.15, 0.2) is 18.2 Å². The molecule has 2 nitrogen and oxygen atoms in total. The number of hydrogen-bond donors (Lipinski definition) is 2. The summed E-state index contributed by atoms with van der Waals surface area (Å²) < 4.78 is 0. The summed E-state index contributed by atoms with van der Waals surface area (Å²) in [5, 5.41) is 10.0. The average molecular weight is 274 g/mol. The Morgan fingerprint density at radius 1 is 1.41 bits per heavy atom. The van der Waals surface area contributed by atoms with E-state index in [1.807, 2.05) is 23.9 Å². The van der Waals surface area contributed by atoms with Gasteiger partial charge in [-0.1, -0.05) is 19.9 Å². The molecule has 1 aromatic rings. The highest BCUT2D eigenvalue weighted by Crippen LogP contribution is 2.40. The molecule has 0 fully saturated rings. The van der Waals surface area contributed by atoms with E-state index in [4.69, 9.17) is 5.73 Å². The maximum Gasteiger partial charge on any atom is 0.115 e. The highest BCUT2D eigenvalue weighted by Gasteiger charge is 2.39. The van der Waals surface area contributed by atoms with Gasteiger partial charge in [-0.05, 0) is 35.9 Å². The predicted octanol–water partition coefficient (Wildman–Crippen LogP) is 2.71. The number of nitrogens with two attached hydrogens (primary N) is 1. The number of hydrogen-bond acceptors (Lipinski definition) is 3. The largest absolute Gasteiger partial charge is 0.508 e. The lowest BCUT2D eigenvalue weighted by Gasteiger charge is -2.42. The van der Waals surface area contributed by atoms with Gasteiger partial charge in [-0.25, -0.2) is 0 Å². The summed E-state index contributed by atoms with van der Waals surface area (Å²) in [5.74, 6) is 0.335. The molecule has 4 heteroatoms. The Morgan fingerprint density at radius 2 is 2.06 bits per heavy atom. The molecule has 0 saturated heterocycles. The molecule has 0 bridgehead atoms. The fraction of sp³-hybridized carbons (Fsp3) is 0.538. The third kappa shape index (κ3) is 2.42. The van der Waals surface area contributed by atoms with Crippen LogP contribution in [0, 0.1) is 0 Å². The maximum atomic E-state index is 9.58. The monoisotopic (exact) mass is 273 g/mol. The molecule has 3 N–H and O–H groups in total. The van der Waals surface area contributed by atoms with Crippen molar-refractivity contribution in [1.29, 1.82) is 0 Å². The van der Waals surface area contributed by atoms with Crippen LogP contribution in [0.4, 0.5) is 0 Å². The van der Waals surface area contributed by atoms with E-state index in [1.54, 1.807) is 6.07 Å². The van der Waals surface area contributed by atoms with Gasteiger partial charge < -0.3 is 10.8 Å². The number of aromatic hydroxyl groups is 1. The summed E-state index contributed by atoms with van der Waals surface area (Å²) >= 11 is 1.84. The Kier molecular flexibility index (Phi) is 4.39. The van der Waals surface area contributed by atoms with Gasteiger partial charge in [0.2, 0.25) is 0 Å². The van der Waals surface area contributed by atoms with Gasteiger partial charge in [0.05, 0.1) is 0 Å². The zero-order valence-corrected chi connectivity index (χ0v) is 12.1. The Labute approximate surface area is 113 Å². The third-order valence-electron chi connectivity index (χ3n) is 3.75. The summed E-state index contributed by atoms with van der Waals surface area (Å²) in [7, 11) is 0. The van der Waals surface area contributed by atoms with Gasteiger partial charge in [0.15, 0.2) is 0 Å². The lowest BCUT2D eigenvalue weighted by molar-refractivity contribution is 0.369. The fourth-order valence-electron chi connectivity index (χ4n) is 2.56. The van der Waals surface area contributed by atoms with Crippen LogP contribution in [0.5, 0.6) is 5.75 Å². The summed E-state index contributed by atoms with van der Waals surface area (Å²) in [6.07, 6.45) is 3.12. The molecule has 0 radical (unpaired) electrons. The molecule has 1 aliphatic carbocycles. The van der Waals surface area contributed by atoms with Crippen molar-refractivity contribution in [3.63, 3.8) is 0 Å². The normalized spacial score (nSPS) is 25.9. The second-order valence-electron chi connectivity index (χ2n) is 5.07. The maximum absolute atomic E-state index is 9.58. The van der Waals surface area contributed by atoms with Crippen LogP contribution in [0.2, 0.25) is 0 Å². The topological polar surface area (TPSA) is 46.2 Å². The molecule has 1 aliphatic rings. The van der Waals surface area contributed by atoms with Gasteiger partial charge in [-0.2, -0.15) is 11.8 Å². The van der Waals surface area contributed by atoms with Gasteiger partial charge >= 0.3 is 0 Å². The quantitative estimate of drug-likeness (QED) is 0.827. The first-order valence-electron chi connectivity index (χ1n) is 5.57. The van der Waals surface area contributed by atoms with Crippen molar-refractivity contribution in [2.45, 2.75) is 37.0 Å². The number of halogens is 1. The molecule has 0 spiro atoms. The molecule has 96 valence electrons. The first kappa shape index (κ1) is 14.7. The minimum atomic E-state index is -0.0694. The van der Waals surface area contributed by atoms with Crippen molar-refractivity contribution >= 4 is 24.2 Å². The first-order valence-corrected chi connectivity index (χ1v) is 6.86. The molecule has 17 heavy (non-hydrogen) atoms. The van der Waals surface area contributed by atoms with Crippen molar-refractivity contribution in [2.75, 3.05) is 6.26 Å². The zero-order valence-electron chi connectivity index (χ0n) is 10.4. The SMILES string of the molecule is CS[C@H]1Cc2ccc(O)cc2C(C)(C)[C@@H]1N.Cl. The van der Waals surface area contributed by atoms with Gasteiger partial charge in [-0.3, -0.25) is 0 Å². The number of phenolic OH excluding ortho intramolecular Hbond substituents is 1. The predicted molar refractivity (Wildman–Crippen MR) is 77.4 cm³/mol. The fourth-order valence-corrected chi connectivity index (χ4v) is 3.54. The van der Waals surface area contributed by atoms with E-state index >= 15 is 0 Å². The lowest BCUT2D eigenvalue weighted by Crippen LogP contribution is -2.52. The summed E-state index contributed by atoms with van der Waals surface area (Å²) in [5.41, 5.74) is 8.78. The van der Waals surface area contributed by atoms with Crippen molar-refractivity contribution in [3.05, 3.63) is 29.3 Å². The van der Waals surface area contributed by atoms with E-state index in [-0.39, 0.29) is 23.9 Å². The van der Waals surface area contributed by atoms with Crippen molar-refractivity contribution in [2.24, 2.45) is 5.73 Å². The molecular weight excluding hydrogens is 254 g/mol. The lowest BCUT2D eigenvalue weighted by atomic mass is 9.69. The zero-order chi connectivity index (χ0) is 11.9. The smallest absolute Gasteiger partial charge is 0.115 e. The van der Waals surface area contributed by atoms with Crippen LogP contribution in [-0.4, -0.2) is 22.7 Å². The summed E-state index contributed by atoms with van der Waals surface area (Å²) in [6.45, 7) is 4.33. The number of phenols is 1. The standard InChI is InChI=1S/C13H19NOS.ClH/c1-13(2)10-7-9(15)5-4-8(10)6-11(16-3)12(13)14;/h4-5,7,11-12,15H,6,14H2,1-3H3;1H/t11-,12+;/m0./s1. The molecule has 0 saturated carbocycles. The number of thioether (sulfide) groups is 1. The van der Waals surface area contributed by atoms with Crippen LogP contribution >= 0.6 is 24.2 Å². The molecule has 0 aliphatic heterocycles. The number of fused-ring (bicyclic) bond motifs is 1. The first-order chi connectivity index (χ1) is 7.46. The van der Waals surface area contributed by atoms with Gasteiger partial charge in [0.1, 0.15) is 5.75 Å². The van der Waals surface area contributed by atoms with E-state index in [9.17, 15) is 5.11 Å². The van der Waals surface area contributed by atoms with Crippen LogP contribution in [0.3, 0.4) is 0 Å². The highest BCUT2D eigenvalue weighted by atomic mass is 35.5. The van der Waals surface area contributed by atoms with E-state index in [2.05, 4.69) is 20.1 Å². The Hall–Kier alpha value is -0.380. The van der Waals surface area contributed by atoms with Gasteiger partial charge in [-0.15, -0.1) is 12.4 Å². The van der Waals surface area contributed by atoms with Gasteiger partial charge in [0, 0.05) is 16.7 Å². The van der Waals surface area contributed by atoms with Crippen LogP contribution in [-0.2, 0) is 11.8 Å². The van der Waals surface area contributed by atoms with Gasteiger partial charge in [0.25, 0.3) is 0 Å². The second-order valence-corrected chi connectivity index (χ2v) is 6.14. The molecule has 2 atom stereocenters. The molecular formula is C13H20ClNOS. The molecule has 0 amide bonds. The molecule has 0 aromatic heterocycles. The van der Waals surface area contributed by atoms with Crippen LogP contribution < -0.4 is 5.73 Å². The minimum Gasteiger partial charge on any atom is -0.508 e. The third-order valence-corrected chi connectivity index (χ3v) is 4.81. The highest BCUT2D eigenvalue weighted by molar-refractivity contribution is 7.99. The second kappa shape index (κ2) is 5.09. The summed E-state index contributed by atoms with van der Waals surface area (Å²) in [4.78, 5) is 0. The van der Waals surface area contributed by atoms with E-state index in [1.165, 1.54) is 11.1 Å². The van der Waals surface area contributed by atoms with Crippen LogP contribution in [0.25, 0.3) is 0 Å². The van der Waals surface area contributed by atoms with Crippen molar-refractivity contribution < 1.29 is 5.11 Å². The van der Waals surface area contributed by atoms with Crippen molar-refractivity contribution in [3.8, 4) is 5.75 Å². The molecule has 0 unspecified atom stereocenters. The Bertz CT molecular complexity index is 408. The summed E-state index contributed by atoms with van der Waals surface area (Å²) in [6, 6.07) is 5.80. The Morgan fingerprint density at radius 3 is 2.65 bits per heavy atom.